The molecule has 2 rings (SSSR count). The third-order valence-corrected chi connectivity index (χ3v) is 1.91. The van der Waals surface area contributed by atoms with Gasteiger partial charge in [-0.1, -0.05) is 6.07 Å². The van der Waals surface area contributed by atoms with Gasteiger partial charge in [-0.15, -0.1) is 0 Å². The first kappa shape index (κ1) is 8.10. The van der Waals surface area contributed by atoms with Crippen LogP contribution in [0.4, 0.5) is 6.01 Å². The normalized spacial score (nSPS) is 10.7. The van der Waals surface area contributed by atoms with Gasteiger partial charge < -0.3 is 9.32 Å². The molecule has 0 atom stereocenters. The topological polar surface area (TPSA) is 29.3 Å². The first-order chi connectivity index (χ1) is 6.16. The molecular formula is C10H12N2O. The maximum absolute atomic E-state index is 5.50. The average Bonchev–Trinajstić information content (AvgIpc) is 2.46. The van der Waals surface area contributed by atoms with Crippen LogP contribution in [0.2, 0.25) is 0 Å². The SMILES string of the molecule is Cc1ccc2oc(N(C)C)nc2c1. The zero-order chi connectivity index (χ0) is 9.42. The fraction of sp³-hybridized carbons (Fsp3) is 0.300. The van der Waals surface area contributed by atoms with Crippen molar-refractivity contribution in [1.82, 2.24) is 4.98 Å². The van der Waals surface area contributed by atoms with Gasteiger partial charge in [0, 0.05) is 14.1 Å². The van der Waals surface area contributed by atoms with Crippen LogP contribution in [0.1, 0.15) is 5.56 Å². The van der Waals surface area contributed by atoms with Crippen LogP contribution in [0.15, 0.2) is 22.6 Å². The van der Waals surface area contributed by atoms with E-state index in [9.17, 15) is 0 Å². The number of hydrogen-bond donors (Lipinski definition) is 0. The summed E-state index contributed by atoms with van der Waals surface area (Å²) in [4.78, 5) is 6.19. The molecule has 2 aromatic rings. The highest BCUT2D eigenvalue weighted by Gasteiger charge is 2.06. The van der Waals surface area contributed by atoms with E-state index in [1.54, 1.807) is 0 Å². The number of anilines is 1. The van der Waals surface area contributed by atoms with Crippen molar-refractivity contribution in [2.75, 3.05) is 19.0 Å². The molecule has 0 saturated heterocycles. The Morgan fingerprint density at radius 3 is 2.77 bits per heavy atom. The van der Waals surface area contributed by atoms with Gasteiger partial charge in [0.2, 0.25) is 0 Å². The minimum absolute atomic E-state index is 0.653. The van der Waals surface area contributed by atoms with Gasteiger partial charge in [-0.2, -0.15) is 4.98 Å². The monoisotopic (exact) mass is 176 g/mol. The standard InChI is InChI=1S/C10H12N2O/c1-7-4-5-9-8(6-7)11-10(13-9)12(2)3/h4-6H,1-3H3. The first-order valence-corrected chi connectivity index (χ1v) is 4.21. The van der Waals surface area contributed by atoms with Crippen LogP contribution < -0.4 is 4.90 Å². The number of benzene rings is 1. The smallest absolute Gasteiger partial charge is 0.297 e. The summed E-state index contributed by atoms with van der Waals surface area (Å²) in [6, 6.07) is 6.64. The Morgan fingerprint density at radius 1 is 1.31 bits per heavy atom. The van der Waals surface area contributed by atoms with Gasteiger partial charge >= 0.3 is 0 Å². The maximum Gasteiger partial charge on any atom is 0.297 e. The highest BCUT2D eigenvalue weighted by Crippen LogP contribution is 2.20. The largest absolute Gasteiger partial charge is 0.423 e. The molecule has 0 saturated carbocycles. The first-order valence-electron chi connectivity index (χ1n) is 4.21. The molecule has 68 valence electrons. The molecule has 0 N–H and O–H groups in total. The van der Waals surface area contributed by atoms with Gasteiger partial charge in [0.15, 0.2) is 5.58 Å². The molecule has 0 aliphatic rings. The maximum atomic E-state index is 5.50. The molecule has 0 aliphatic heterocycles. The Morgan fingerprint density at radius 2 is 2.08 bits per heavy atom. The van der Waals surface area contributed by atoms with Crippen molar-refractivity contribution < 1.29 is 4.42 Å². The van der Waals surface area contributed by atoms with Crippen molar-refractivity contribution >= 4 is 17.1 Å². The lowest BCUT2D eigenvalue weighted by Gasteiger charge is -2.03. The molecule has 0 aliphatic carbocycles. The van der Waals surface area contributed by atoms with Gasteiger partial charge in [-0.05, 0) is 24.6 Å². The number of fused-ring (bicyclic) bond motifs is 1. The summed E-state index contributed by atoms with van der Waals surface area (Å²) >= 11 is 0. The minimum atomic E-state index is 0.653. The van der Waals surface area contributed by atoms with E-state index in [0.29, 0.717) is 6.01 Å². The quantitative estimate of drug-likeness (QED) is 0.667. The number of rotatable bonds is 1. The number of nitrogens with zero attached hydrogens (tertiary/aromatic N) is 2. The molecule has 0 fully saturated rings. The second kappa shape index (κ2) is 2.76. The van der Waals surface area contributed by atoms with Crippen LogP contribution >= 0.6 is 0 Å². The van der Waals surface area contributed by atoms with E-state index in [1.165, 1.54) is 5.56 Å². The Hall–Kier alpha value is -1.51. The molecule has 1 aromatic carbocycles. The molecule has 0 amide bonds. The molecule has 3 heteroatoms. The van der Waals surface area contributed by atoms with Gasteiger partial charge in [0.05, 0.1) is 0 Å². The zero-order valence-corrected chi connectivity index (χ0v) is 8.03. The van der Waals surface area contributed by atoms with Crippen LogP contribution in [0, 0.1) is 6.92 Å². The third kappa shape index (κ3) is 1.37. The second-order valence-corrected chi connectivity index (χ2v) is 3.36. The molecular weight excluding hydrogens is 164 g/mol. The third-order valence-electron chi connectivity index (χ3n) is 1.91. The fourth-order valence-corrected chi connectivity index (χ4v) is 1.22. The van der Waals surface area contributed by atoms with Gasteiger partial charge in [0.1, 0.15) is 5.52 Å². The summed E-state index contributed by atoms with van der Waals surface area (Å²) < 4.78 is 5.50. The summed E-state index contributed by atoms with van der Waals surface area (Å²) in [5.41, 5.74) is 2.96. The van der Waals surface area contributed by atoms with Crippen LogP contribution in [-0.2, 0) is 0 Å². The fourth-order valence-electron chi connectivity index (χ4n) is 1.22. The van der Waals surface area contributed by atoms with Gasteiger partial charge in [-0.3, -0.25) is 0 Å². The Bertz CT molecular complexity index is 431. The predicted molar refractivity (Wildman–Crippen MR) is 53.1 cm³/mol. The van der Waals surface area contributed by atoms with E-state index < -0.39 is 0 Å². The van der Waals surface area contributed by atoms with Crippen LogP contribution in [0.25, 0.3) is 11.1 Å². The molecule has 13 heavy (non-hydrogen) atoms. The lowest BCUT2D eigenvalue weighted by Crippen LogP contribution is -2.08. The average molecular weight is 176 g/mol. The van der Waals surface area contributed by atoms with Crippen molar-refractivity contribution in [3.8, 4) is 0 Å². The van der Waals surface area contributed by atoms with E-state index in [4.69, 9.17) is 4.42 Å². The number of aryl methyl sites for hydroxylation is 1. The summed E-state index contributed by atoms with van der Waals surface area (Å²) in [6.07, 6.45) is 0. The molecule has 0 radical (unpaired) electrons. The second-order valence-electron chi connectivity index (χ2n) is 3.36. The Balaban J connectivity index is 2.62. The van der Waals surface area contributed by atoms with E-state index in [1.807, 2.05) is 44.1 Å². The lowest BCUT2D eigenvalue weighted by atomic mass is 10.2. The van der Waals surface area contributed by atoms with E-state index in [2.05, 4.69) is 4.98 Å². The van der Waals surface area contributed by atoms with Crippen LogP contribution in [-0.4, -0.2) is 19.1 Å². The lowest BCUT2D eigenvalue weighted by molar-refractivity contribution is 0.597. The van der Waals surface area contributed by atoms with Crippen LogP contribution in [0.5, 0.6) is 0 Å². The van der Waals surface area contributed by atoms with E-state index >= 15 is 0 Å². The van der Waals surface area contributed by atoms with Gasteiger partial charge in [0.25, 0.3) is 6.01 Å². The van der Waals surface area contributed by atoms with E-state index in [-0.39, 0.29) is 0 Å². The van der Waals surface area contributed by atoms with Crippen molar-refractivity contribution in [1.29, 1.82) is 0 Å². The molecule has 1 aromatic heterocycles. The summed E-state index contributed by atoms with van der Waals surface area (Å²) in [6.45, 7) is 2.05. The molecule has 0 unspecified atom stereocenters. The highest BCUT2D eigenvalue weighted by molar-refractivity contribution is 5.75. The molecule has 0 spiro atoms. The van der Waals surface area contributed by atoms with Crippen molar-refractivity contribution in [2.24, 2.45) is 0 Å². The van der Waals surface area contributed by atoms with Crippen molar-refractivity contribution in [2.45, 2.75) is 6.92 Å². The van der Waals surface area contributed by atoms with Crippen LogP contribution in [0.3, 0.4) is 0 Å². The molecule has 0 bridgehead atoms. The minimum Gasteiger partial charge on any atom is -0.423 e. The number of oxazole rings is 1. The van der Waals surface area contributed by atoms with E-state index in [0.717, 1.165) is 11.1 Å². The van der Waals surface area contributed by atoms with Crippen molar-refractivity contribution in [3.05, 3.63) is 23.8 Å². The van der Waals surface area contributed by atoms with Gasteiger partial charge in [-0.25, -0.2) is 0 Å². The molecule has 3 nitrogen and oxygen atoms in total. The number of hydrogen-bond acceptors (Lipinski definition) is 3. The number of aromatic nitrogens is 1. The highest BCUT2D eigenvalue weighted by atomic mass is 16.4. The summed E-state index contributed by atoms with van der Waals surface area (Å²) in [5, 5.41) is 0. The Kier molecular flexibility index (Phi) is 1.72. The van der Waals surface area contributed by atoms with Crippen molar-refractivity contribution in [3.63, 3.8) is 0 Å². The molecule has 1 heterocycles. The summed E-state index contributed by atoms with van der Waals surface area (Å²) in [7, 11) is 3.83. The summed E-state index contributed by atoms with van der Waals surface area (Å²) in [5.74, 6) is 0. The zero-order valence-electron chi connectivity index (χ0n) is 8.03. The predicted octanol–water partition coefficient (Wildman–Crippen LogP) is 2.20. The Labute approximate surface area is 77.0 Å².